The van der Waals surface area contributed by atoms with Gasteiger partial charge in [-0.2, -0.15) is 0 Å². The molecule has 0 radical (unpaired) electrons. The molecule has 0 aromatic heterocycles. The highest BCUT2D eigenvalue weighted by molar-refractivity contribution is 6.73. The Kier molecular flexibility index (Phi) is 14.5. The molecule has 0 aliphatic rings. The number of carbonyl (C=O) groups excluding carboxylic acids is 1. The third-order valence-electron chi connectivity index (χ3n) is 9.82. The minimum Gasteiger partial charge on any atom is -0.497 e. The monoisotopic (exact) mass is 724 g/mol. The Balaban J connectivity index is 1.93. The molecule has 0 fully saturated rings. The van der Waals surface area contributed by atoms with Crippen LogP contribution in [-0.2, 0) is 35.6 Å². The summed E-state index contributed by atoms with van der Waals surface area (Å²) in [5.74, 6) is 4.72. The summed E-state index contributed by atoms with van der Waals surface area (Å²) in [7, 11) is 2.43. The lowest BCUT2D eigenvalue weighted by molar-refractivity contribution is -0.164. The smallest absolute Gasteiger partial charge is 0.302 e. The van der Waals surface area contributed by atoms with Crippen molar-refractivity contribution in [1.82, 2.24) is 0 Å². The van der Waals surface area contributed by atoms with Gasteiger partial charge in [-0.05, 0) is 76.8 Å². The number of benzene rings is 4. The molecule has 52 heavy (non-hydrogen) atoms. The fraction of sp³-hybridized carbons (Fsp3) is 0.372. The molecule has 4 aromatic carbocycles. The van der Waals surface area contributed by atoms with E-state index in [2.05, 4.69) is 26.7 Å². The van der Waals surface area contributed by atoms with Crippen LogP contribution in [0.1, 0.15) is 49.9 Å². The largest absolute Gasteiger partial charge is 0.497 e. The van der Waals surface area contributed by atoms with Crippen molar-refractivity contribution >= 4 is 14.3 Å². The van der Waals surface area contributed by atoms with Crippen LogP contribution in [0.4, 0.5) is 0 Å². The number of esters is 1. The minimum absolute atomic E-state index is 0.0975. The zero-order valence-corrected chi connectivity index (χ0v) is 32.5. The SMILES string of the molecule is C#C[C@@](COC(c1ccccc1)(c1ccc(OC)cc1)c1ccc(OC)cc1)(O[Si](CC)(CC)CC)[C@H](COC(C)=O)OCc1ccc(OC)cc1. The molecule has 0 bridgehead atoms. The highest BCUT2D eigenvalue weighted by atomic mass is 28.4. The van der Waals surface area contributed by atoms with Crippen LogP contribution >= 0.6 is 0 Å². The van der Waals surface area contributed by atoms with Gasteiger partial charge in [0.05, 0.1) is 34.5 Å². The third-order valence-corrected chi connectivity index (χ3v) is 14.5. The second kappa shape index (κ2) is 18.8. The van der Waals surface area contributed by atoms with Crippen LogP contribution in [0.15, 0.2) is 103 Å². The average molecular weight is 725 g/mol. The number of hydrogen-bond acceptors (Lipinski definition) is 8. The first kappa shape index (κ1) is 40.2. The van der Waals surface area contributed by atoms with Crippen LogP contribution in [0, 0.1) is 12.3 Å². The third kappa shape index (κ3) is 9.25. The Morgan fingerprint density at radius 1 is 0.712 bits per heavy atom. The summed E-state index contributed by atoms with van der Waals surface area (Å²) in [6.07, 6.45) is 5.72. The van der Waals surface area contributed by atoms with Crippen molar-refractivity contribution in [2.45, 2.75) is 69.7 Å². The van der Waals surface area contributed by atoms with Crippen LogP contribution in [0.3, 0.4) is 0 Å². The maximum atomic E-state index is 12.3. The van der Waals surface area contributed by atoms with Gasteiger partial charge < -0.3 is 32.8 Å². The Morgan fingerprint density at radius 3 is 1.60 bits per heavy atom. The van der Waals surface area contributed by atoms with Gasteiger partial charge in [0.2, 0.25) is 0 Å². The Morgan fingerprint density at radius 2 is 1.17 bits per heavy atom. The lowest BCUT2D eigenvalue weighted by Crippen LogP contribution is -2.59. The van der Waals surface area contributed by atoms with Gasteiger partial charge in [0, 0.05) is 6.92 Å². The van der Waals surface area contributed by atoms with Gasteiger partial charge in [-0.1, -0.05) is 93.4 Å². The average Bonchev–Trinajstić information content (AvgIpc) is 3.20. The van der Waals surface area contributed by atoms with E-state index in [-0.39, 0.29) is 19.8 Å². The predicted molar refractivity (Wildman–Crippen MR) is 206 cm³/mol. The van der Waals surface area contributed by atoms with Crippen molar-refractivity contribution in [3.63, 3.8) is 0 Å². The first-order valence-corrected chi connectivity index (χ1v) is 20.2. The quantitative estimate of drug-likeness (QED) is 0.0388. The maximum Gasteiger partial charge on any atom is 0.302 e. The molecule has 0 spiro atoms. The molecule has 9 heteroatoms. The van der Waals surface area contributed by atoms with E-state index in [0.29, 0.717) is 11.5 Å². The second-order valence-electron chi connectivity index (χ2n) is 12.6. The van der Waals surface area contributed by atoms with Gasteiger partial charge in [-0.25, -0.2) is 0 Å². The zero-order chi connectivity index (χ0) is 37.6. The summed E-state index contributed by atoms with van der Waals surface area (Å²) in [6.45, 7) is 7.75. The van der Waals surface area contributed by atoms with Gasteiger partial charge in [0.25, 0.3) is 0 Å². The van der Waals surface area contributed by atoms with Crippen molar-refractivity contribution in [2.75, 3.05) is 34.5 Å². The van der Waals surface area contributed by atoms with E-state index in [1.807, 2.05) is 103 Å². The topological polar surface area (TPSA) is 81.7 Å². The van der Waals surface area contributed by atoms with Gasteiger partial charge in [0.1, 0.15) is 35.6 Å². The van der Waals surface area contributed by atoms with E-state index in [9.17, 15) is 4.79 Å². The highest BCUT2D eigenvalue weighted by Gasteiger charge is 2.50. The van der Waals surface area contributed by atoms with Gasteiger partial charge in [0.15, 0.2) is 13.9 Å². The molecule has 0 heterocycles. The standard InChI is InChI=1S/C43H52O8Si/c1-9-42(51-52(10-2,11-3)12-4,41(31-48-33(5)44)49-30-34-18-24-38(45-6)25-19-34)32-50-43(35-16-14-13-15-17-35,36-20-26-39(46-7)27-21-36)37-22-28-40(47-8)29-23-37/h1,13-29,41H,10-12,30-32H2,2-8H3/t41-,42-/m0/s1. The van der Waals surface area contributed by atoms with Crippen LogP contribution in [0.25, 0.3) is 0 Å². The molecule has 0 aliphatic heterocycles. The van der Waals surface area contributed by atoms with Crippen molar-refractivity contribution in [1.29, 1.82) is 0 Å². The summed E-state index contributed by atoms with van der Waals surface area (Å²) >= 11 is 0. The first-order valence-electron chi connectivity index (χ1n) is 17.7. The number of carbonyl (C=O) groups is 1. The molecule has 0 saturated heterocycles. The number of hydrogen-bond donors (Lipinski definition) is 0. The molecule has 276 valence electrons. The number of methoxy groups -OCH3 is 3. The molecule has 4 rings (SSSR count). The fourth-order valence-corrected chi connectivity index (χ4v) is 9.38. The van der Waals surface area contributed by atoms with E-state index >= 15 is 0 Å². The van der Waals surface area contributed by atoms with E-state index < -0.39 is 31.6 Å². The summed E-state index contributed by atoms with van der Waals surface area (Å²) in [5, 5.41) is 0. The Labute approximate surface area is 310 Å². The maximum absolute atomic E-state index is 12.3. The summed E-state index contributed by atoms with van der Waals surface area (Å²) in [5.41, 5.74) is 0.807. The molecular weight excluding hydrogens is 673 g/mol. The molecular formula is C43H52O8Si. The number of terminal acetylenes is 1. The summed E-state index contributed by atoms with van der Waals surface area (Å²) in [4.78, 5) is 12.3. The molecule has 0 unspecified atom stereocenters. The fourth-order valence-electron chi connectivity index (χ4n) is 6.42. The molecule has 4 aromatic rings. The molecule has 0 aliphatic carbocycles. The van der Waals surface area contributed by atoms with Gasteiger partial charge >= 0.3 is 5.97 Å². The number of rotatable bonds is 20. The molecule has 0 amide bonds. The van der Waals surface area contributed by atoms with E-state index in [1.54, 1.807) is 21.3 Å². The Bertz CT molecular complexity index is 1660. The van der Waals surface area contributed by atoms with E-state index in [4.69, 9.17) is 39.3 Å². The molecule has 2 atom stereocenters. The Hall–Kier alpha value is -4.59. The first-order chi connectivity index (χ1) is 25.2. The van der Waals surface area contributed by atoms with Crippen LogP contribution < -0.4 is 14.2 Å². The predicted octanol–water partition coefficient (Wildman–Crippen LogP) is 8.56. The van der Waals surface area contributed by atoms with Gasteiger partial charge in [-0.15, -0.1) is 6.42 Å². The molecule has 8 nitrogen and oxygen atoms in total. The summed E-state index contributed by atoms with van der Waals surface area (Å²) < 4.78 is 43.4. The lowest BCUT2D eigenvalue weighted by atomic mass is 9.79. The summed E-state index contributed by atoms with van der Waals surface area (Å²) in [6, 6.07) is 35.7. The van der Waals surface area contributed by atoms with Crippen LogP contribution in [0.5, 0.6) is 17.2 Å². The lowest BCUT2D eigenvalue weighted by Gasteiger charge is -2.45. The van der Waals surface area contributed by atoms with Crippen molar-refractivity contribution in [3.05, 3.63) is 125 Å². The van der Waals surface area contributed by atoms with Crippen molar-refractivity contribution in [3.8, 4) is 29.6 Å². The number of ether oxygens (including phenoxy) is 6. The second-order valence-corrected chi connectivity index (χ2v) is 17.3. The molecule has 0 saturated carbocycles. The van der Waals surface area contributed by atoms with E-state index in [1.165, 1.54) is 6.92 Å². The normalized spacial score (nSPS) is 13.3. The van der Waals surface area contributed by atoms with Crippen molar-refractivity contribution in [2.24, 2.45) is 0 Å². The van der Waals surface area contributed by atoms with E-state index in [0.717, 1.165) is 46.1 Å². The van der Waals surface area contributed by atoms with Gasteiger partial charge in [-0.3, -0.25) is 4.79 Å². The van der Waals surface area contributed by atoms with Crippen molar-refractivity contribution < 1.29 is 37.6 Å². The highest BCUT2D eigenvalue weighted by Crippen LogP contribution is 2.43. The zero-order valence-electron chi connectivity index (χ0n) is 31.5. The minimum atomic E-state index is -2.47. The van der Waals surface area contributed by atoms with Crippen LogP contribution in [-0.4, -0.2) is 60.5 Å². The molecule has 0 N–H and O–H groups in total. The van der Waals surface area contributed by atoms with Crippen LogP contribution in [0.2, 0.25) is 18.1 Å².